The highest BCUT2D eigenvalue weighted by atomic mass is 16.7. The second kappa shape index (κ2) is 4.87. The fourth-order valence-corrected chi connectivity index (χ4v) is 1.68. The van der Waals surface area contributed by atoms with Gasteiger partial charge in [-0.2, -0.15) is 5.48 Å². The summed E-state index contributed by atoms with van der Waals surface area (Å²) in [5, 5.41) is 8.51. The van der Waals surface area contributed by atoms with Crippen LogP contribution in [-0.4, -0.2) is 22.8 Å². The number of rotatable bonds is 4. The first-order valence-corrected chi connectivity index (χ1v) is 5.40. The number of aliphatic carboxylic acids is 1. The average Bonchev–Trinajstić information content (AvgIpc) is 2.34. The quantitative estimate of drug-likeness (QED) is 0.766. The Hall–Kier alpha value is -2.37. The highest BCUT2D eigenvalue weighted by Gasteiger charge is 2.18. The predicted octanol–water partition coefficient (Wildman–Crippen LogP) is 0.700. The molecule has 0 radical (unpaired) electrons. The third-order valence-electron chi connectivity index (χ3n) is 2.57. The van der Waals surface area contributed by atoms with Gasteiger partial charge >= 0.3 is 5.97 Å². The number of Topliss-reactive ketones (excluding diaryl/α,β-unsaturated/α-hetero) is 1. The summed E-state index contributed by atoms with van der Waals surface area (Å²) in [4.78, 5) is 38.2. The number of hydroxylamine groups is 1. The zero-order chi connectivity index (χ0) is 13.1. The van der Waals surface area contributed by atoms with Crippen molar-refractivity contribution in [2.45, 2.75) is 19.3 Å². The third kappa shape index (κ3) is 2.65. The Morgan fingerprint density at radius 1 is 1.33 bits per heavy atom. The Balaban J connectivity index is 2.15. The summed E-state index contributed by atoms with van der Waals surface area (Å²) in [5.74, 6) is -1.04. The summed E-state index contributed by atoms with van der Waals surface area (Å²) in [6, 6.07) is 4.71. The van der Waals surface area contributed by atoms with Crippen molar-refractivity contribution in [2.75, 3.05) is 0 Å². The van der Waals surface area contributed by atoms with E-state index in [1.807, 2.05) is 0 Å². The number of amides is 1. The summed E-state index contributed by atoms with van der Waals surface area (Å²) in [6.07, 6.45) is -0.108. The van der Waals surface area contributed by atoms with E-state index >= 15 is 0 Å². The summed E-state index contributed by atoms with van der Waals surface area (Å²) in [6.45, 7) is 0. The molecular formula is C12H11NO5. The number of carboxylic acids is 1. The number of carbonyl (C=O) groups excluding carboxylic acids is 2. The standard InChI is InChI=1S/C12H11NO5/c14-9(2-4-12(16)17)7-1-3-10-8(5-7)6-11(15)13-18-10/h1,3,5H,2,4,6H2,(H,13,15)(H,16,17). The van der Waals surface area contributed by atoms with Crippen LogP contribution < -0.4 is 10.3 Å². The molecule has 1 aromatic carbocycles. The molecule has 1 heterocycles. The SMILES string of the molecule is O=C(O)CCC(=O)c1ccc2c(c1)CC(=O)NO2. The van der Waals surface area contributed by atoms with Crippen LogP contribution in [0.4, 0.5) is 0 Å². The van der Waals surface area contributed by atoms with Crippen molar-refractivity contribution in [1.82, 2.24) is 5.48 Å². The fourth-order valence-electron chi connectivity index (χ4n) is 1.68. The maximum atomic E-state index is 11.7. The molecule has 1 amide bonds. The molecule has 2 rings (SSSR count). The first-order chi connectivity index (χ1) is 8.56. The molecule has 0 bridgehead atoms. The van der Waals surface area contributed by atoms with E-state index in [1.54, 1.807) is 18.2 Å². The van der Waals surface area contributed by atoms with Crippen LogP contribution in [0.15, 0.2) is 18.2 Å². The Morgan fingerprint density at radius 3 is 2.83 bits per heavy atom. The minimum absolute atomic E-state index is 0.0544. The minimum atomic E-state index is -1.01. The van der Waals surface area contributed by atoms with Crippen LogP contribution in [0, 0.1) is 0 Å². The van der Waals surface area contributed by atoms with Gasteiger partial charge in [-0.3, -0.25) is 14.4 Å². The van der Waals surface area contributed by atoms with Gasteiger partial charge in [0.15, 0.2) is 11.5 Å². The maximum absolute atomic E-state index is 11.7. The molecule has 0 atom stereocenters. The van der Waals surface area contributed by atoms with Crippen molar-refractivity contribution in [3.05, 3.63) is 29.3 Å². The second-order valence-electron chi connectivity index (χ2n) is 3.94. The molecule has 6 nitrogen and oxygen atoms in total. The number of carbonyl (C=O) groups is 3. The van der Waals surface area contributed by atoms with Crippen LogP contribution in [0.1, 0.15) is 28.8 Å². The molecule has 0 fully saturated rings. The summed E-state index contributed by atoms with van der Waals surface area (Å²) >= 11 is 0. The molecule has 0 aliphatic carbocycles. The van der Waals surface area contributed by atoms with E-state index < -0.39 is 5.97 Å². The van der Waals surface area contributed by atoms with E-state index in [0.29, 0.717) is 16.9 Å². The number of fused-ring (bicyclic) bond motifs is 1. The molecular weight excluding hydrogens is 238 g/mol. The highest BCUT2D eigenvalue weighted by molar-refractivity contribution is 5.98. The van der Waals surface area contributed by atoms with E-state index in [-0.39, 0.29) is 31.0 Å². The molecule has 0 aromatic heterocycles. The Bertz CT molecular complexity index is 523. The van der Waals surface area contributed by atoms with Gasteiger partial charge in [-0.05, 0) is 18.2 Å². The van der Waals surface area contributed by atoms with Crippen molar-refractivity contribution >= 4 is 17.7 Å². The van der Waals surface area contributed by atoms with Gasteiger partial charge in [0.25, 0.3) is 5.91 Å². The van der Waals surface area contributed by atoms with Crippen molar-refractivity contribution in [3.63, 3.8) is 0 Å². The molecule has 1 aromatic rings. The lowest BCUT2D eigenvalue weighted by molar-refractivity contribution is -0.137. The largest absolute Gasteiger partial charge is 0.481 e. The minimum Gasteiger partial charge on any atom is -0.481 e. The number of hydrogen-bond donors (Lipinski definition) is 2. The van der Waals surface area contributed by atoms with E-state index in [1.165, 1.54) is 0 Å². The average molecular weight is 249 g/mol. The Morgan fingerprint density at radius 2 is 2.11 bits per heavy atom. The molecule has 0 saturated heterocycles. The zero-order valence-electron chi connectivity index (χ0n) is 9.43. The lowest BCUT2D eigenvalue weighted by atomic mass is 10.0. The van der Waals surface area contributed by atoms with E-state index in [4.69, 9.17) is 9.94 Å². The second-order valence-corrected chi connectivity index (χ2v) is 3.94. The van der Waals surface area contributed by atoms with Gasteiger partial charge in [-0.25, -0.2) is 0 Å². The van der Waals surface area contributed by atoms with Crippen molar-refractivity contribution in [3.8, 4) is 5.75 Å². The van der Waals surface area contributed by atoms with Crippen LogP contribution in [0.25, 0.3) is 0 Å². The molecule has 18 heavy (non-hydrogen) atoms. The van der Waals surface area contributed by atoms with Crippen LogP contribution in [0.2, 0.25) is 0 Å². The zero-order valence-corrected chi connectivity index (χ0v) is 9.43. The summed E-state index contributed by atoms with van der Waals surface area (Å²) in [7, 11) is 0. The van der Waals surface area contributed by atoms with Crippen molar-refractivity contribution < 1.29 is 24.3 Å². The molecule has 94 valence electrons. The number of nitrogens with one attached hydrogen (secondary N) is 1. The van der Waals surface area contributed by atoms with Gasteiger partial charge in [0, 0.05) is 17.5 Å². The number of hydrogen-bond acceptors (Lipinski definition) is 4. The molecule has 0 unspecified atom stereocenters. The van der Waals surface area contributed by atoms with Gasteiger partial charge in [0.2, 0.25) is 0 Å². The smallest absolute Gasteiger partial charge is 0.303 e. The topological polar surface area (TPSA) is 92.7 Å². The van der Waals surface area contributed by atoms with Crippen molar-refractivity contribution in [2.24, 2.45) is 0 Å². The number of benzene rings is 1. The maximum Gasteiger partial charge on any atom is 0.303 e. The van der Waals surface area contributed by atoms with Crippen LogP contribution in [-0.2, 0) is 16.0 Å². The van der Waals surface area contributed by atoms with Gasteiger partial charge < -0.3 is 9.94 Å². The predicted molar refractivity (Wildman–Crippen MR) is 60.1 cm³/mol. The first-order valence-electron chi connectivity index (χ1n) is 5.40. The van der Waals surface area contributed by atoms with Crippen LogP contribution in [0.3, 0.4) is 0 Å². The molecule has 1 aliphatic rings. The van der Waals surface area contributed by atoms with E-state index in [9.17, 15) is 14.4 Å². The Kier molecular flexibility index (Phi) is 3.27. The van der Waals surface area contributed by atoms with Gasteiger partial charge in [0.1, 0.15) is 0 Å². The highest BCUT2D eigenvalue weighted by Crippen LogP contribution is 2.23. The van der Waals surface area contributed by atoms with E-state index in [0.717, 1.165) is 0 Å². The monoisotopic (exact) mass is 249 g/mol. The molecule has 6 heteroatoms. The summed E-state index contributed by atoms with van der Waals surface area (Å²) in [5.41, 5.74) is 3.25. The lowest BCUT2D eigenvalue weighted by Crippen LogP contribution is -2.33. The Labute approximate surface area is 103 Å². The number of carboxylic acid groups (broad SMARTS) is 1. The first kappa shape index (κ1) is 12.1. The fraction of sp³-hybridized carbons (Fsp3) is 0.250. The number of ketones is 1. The van der Waals surface area contributed by atoms with Gasteiger partial charge in [-0.1, -0.05) is 0 Å². The van der Waals surface area contributed by atoms with Crippen molar-refractivity contribution in [1.29, 1.82) is 0 Å². The van der Waals surface area contributed by atoms with E-state index in [2.05, 4.69) is 5.48 Å². The van der Waals surface area contributed by atoms with Gasteiger partial charge in [0.05, 0.1) is 12.8 Å². The molecule has 0 saturated carbocycles. The third-order valence-corrected chi connectivity index (χ3v) is 2.57. The lowest BCUT2D eigenvalue weighted by Gasteiger charge is -2.17. The summed E-state index contributed by atoms with van der Waals surface area (Å²) < 4.78 is 0. The molecule has 1 aliphatic heterocycles. The normalized spacial score (nSPS) is 13.2. The van der Waals surface area contributed by atoms with Gasteiger partial charge in [-0.15, -0.1) is 0 Å². The molecule has 2 N–H and O–H groups in total. The van der Waals surface area contributed by atoms with Crippen LogP contribution in [0.5, 0.6) is 5.75 Å². The molecule has 0 spiro atoms. The van der Waals surface area contributed by atoms with Crippen LogP contribution >= 0.6 is 0 Å².